The highest BCUT2D eigenvalue weighted by Gasteiger charge is 2.24. The summed E-state index contributed by atoms with van der Waals surface area (Å²) in [5.74, 6) is -0.532. The van der Waals surface area contributed by atoms with E-state index in [0.29, 0.717) is 0 Å². The number of rotatable bonds is 5. The number of terminal acetylenes is 1. The summed E-state index contributed by atoms with van der Waals surface area (Å²) in [7, 11) is 1.37. The number of carbonyl (C=O) groups is 3. The van der Waals surface area contributed by atoms with Gasteiger partial charge in [-0.15, -0.1) is 6.42 Å². The van der Waals surface area contributed by atoms with E-state index in [-0.39, 0.29) is 6.54 Å². The molecule has 0 heterocycles. The maximum absolute atomic E-state index is 11.3. The molecule has 1 atom stereocenters. The molecular formula is C9H12N2O5. The maximum atomic E-state index is 11.3. The molecule has 0 aromatic carbocycles. The second-order valence-corrected chi connectivity index (χ2v) is 3.00. The Kier molecular flexibility index (Phi) is 5.41. The van der Waals surface area contributed by atoms with Crippen molar-refractivity contribution < 1.29 is 24.6 Å². The van der Waals surface area contributed by atoms with Crippen LogP contribution < -0.4 is 5.32 Å². The number of hydrogen-bond donors (Lipinski definition) is 3. The van der Waals surface area contributed by atoms with Gasteiger partial charge in [0, 0.05) is 7.05 Å². The molecule has 7 nitrogen and oxygen atoms in total. The van der Waals surface area contributed by atoms with Gasteiger partial charge in [-0.25, -0.2) is 9.59 Å². The monoisotopic (exact) mass is 228 g/mol. The van der Waals surface area contributed by atoms with Crippen molar-refractivity contribution in [1.82, 2.24) is 10.2 Å². The fourth-order valence-corrected chi connectivity index (χ4v) is 0.843. The average molecular weight is 228 g/mol. The van der Waals surface area contributed by atoms with Gasteiger partial charge in [0.05, 0.1) is 13.0 Å². The molecule has 2 amide bonds. The van der Waals surface area contributed by atoms with E-state index in [0.717, 1.165) is 4.90 Å². The minimum absolute atomic E-state index is 0.00520. The van der Waals surface area contributed by atoms with Crippen LogP contribution >= 0.6 is 0 Å². The van der Waals surface area contributed by atoms with E-state index in [1.807, 2.05) is 5.32 Å². The molecule has 0 aliphatic heterocycles. The first-order valence-electron chi connectivity index (χ1n) is 4.28. The third-order valence-corrected chi connectivity index (χ3v) is 1.65. The lowest BCUT2D eigenvalue weighted by molar-refractivity contribution is -0.145. The maximum Gasteiger partial charge on any atom is 0.326 e. The Morgan fingerprint density at radius 3 is 2.38 bits per heavy atom. The Bertz CT molecular complexity index is 333. The number of hydrogen-bond acceptors (Lipinski definition) is 3. The third-order valence-electron chi connectivity index (χ3n) is 1.65. The van der Waals surface area contributed by atoms with E-state index in [2.05, 4.69) is 5.92 Å². The molecule has 0 rings (SSSR count). The van der Waals surface area contributed by atoms with E-state index in [1.165, 1.54) is 7.05 Å². The predicted molar refractivity (Wildman–Crippen MR) is 53.7 cm³/mol. The summed E-state index contributed by atoms with van der Waals surface area (Å²) < 4.78 is 0. The van der Waals surface area contributed by atoms with Gasteiger partial charge >= 0.3 is 18.0 Å². The van der Waals surface area contributed by atoms with Crippen LogP contribution in [0.15, 0.2) is 0 Å². The number of carbonyl (C=O) groups excluding carboxylic acids is 1. The van der Waals surface area contributed by atoms with Gasteiger partial charge < -0.3 is 20.4 Å². The molecule has 0 saturated heterocycles. The predicted octanol–water partition coefficient (Wildman–Crippen LogP) is -0.811. The van der Waals surface area contributed by atoms with Crippen molar-refractivity contribution in [2.75, 3.05) is 13.6 Å². The minimum atomic E-state index is -1.47. The van der Waals surface area contributed by atoms with Gasteiger partial charge in [-0.3, -0.25) is 4.79 Å². The van der Waals surface area contributed by atoms with Crippen molar-refractivity contribution in [1.29, 1.82) is 0 Å². The van der Waals surface area contributed by atoms with Gasteiger partial charge in [0.15, 0.2) is 0 Å². The lowest BCUT2D eigenvalue weighted by Gasteiger charge is -2.18. The smallest absolute Gasteiger partial charge is 0.326 e. The van der Waals surface area contributed by atoms with Crippen LogP contribution in [0.5, 0.6) is 0 Å². The van der Waals surface area contributed by atoms with Crippen molar-refractivity contribution in [3.8, 4) is 12.3 Å². The van der Waals surface area contributed by atoms with E-state index in [4.69, 9.17) is 16.6 Å². The molecule has 0 aromatic rings. The average Bonchev–Trinajstić information content (AvgIpc) is 2.16. The van der Waals surface area contributed by atoms with Crippen molar-refractivity contribution in [3.05, 3.63) is 0 Å². The van der Waals surface area contributed by atoms with Crippen LogP contribution in [0.3, 0.4) is 0 Å². The van der Waals surface area contributed by atoms with Gasteiger partial charge in [-0.1, -0.05) is 5.92 Å². The van der Waals surface area contributed by atoms with Crippen LogP contribution in [0.1, 0.15) is 6.42 Å². The molecule has 0 aromatic heterocycles. The largest absolute Gasteiger partial charge is 0.481 e. The Hall–Kier alpha value is -2.23. The van der Waals surface area contributed by atoms with Crippen LogP contribution in [-0.4, -0.2) is 52.7 Å². The zero-order valence-corrected chi connectivity index (χ0v) is 8.64. The third kappa shape index (κ3) is 4.85. The molecule has 0 aliphatic carbocycles. The van der Waals surface area contributed by atoms with Gasteiger partial charge in [0.1, 0.15) is 6.04 Å². The second kappa shape index (κ2) is 6.29. The summed E-state index contributed by atoms with van der Waals surface area (Å²) in [6, 6.07) is -2.20. The van der Waals surface area contributed by atoms with E-state index in [1.54, 1.807) is 0 Å². The number of nitrogens with one attached hydrogen (secondary N) is 1. The zero-order chi connectivity index (χ0) is 12.7. The summed E-state index contributed by atoms with van der Waals surface area (Å²) in [6.45, 7) is 0.00520. The fraction of sp³-hybridized carbons (Fsp3) is 0.444. The lowest BCUT2D eigenvalue weighted by Crippen LogP contribution is -2.47. The first-order valence-corrected chi connectivity index (χ1v) is 4.28. The zero-order valence-electron chi connectivity index (χ0n) is 8.64. The fourth-order valence-electron chi connectivity index (χ4n) is 0.843. The number of nitrogens with zero attached hydrogens (tertiary/aromatic N) is 1. The van der Waals surface area contributed by atoms with E-state index < -0.39 is 30.4 Å². The number of amides is 2. The summed E-state index contributed by atoms with van der Waals surface area (Å²) in [6.07, 6.45) is 4.27. The van der Waals surface area contributed by atoms with Crippen LogP contribution in [-0.2, 0) is 9.59 Å². The molecule has 0 spiro atoms. The standard InChI is InChI=1S/C9H12N2O5/c1-3-4-11(2)9(16)10-6(8(14)15)5-7(12)13/h1,6H,4-5H2,2H3,(H,10,16)(H,12,13)(H,14,15)/t6-/m0/s1. The topological polar surface area (TPSA) is 107 Å². The highest BCUT2D eigenvalue weighted by atomic mass is 16.4. The van der Waals surface area contributed by atoms with E-state index >= 15 is 0 Å². The molecule has 0 saturated carbocycles. The normalized spacial score (nSPS) is 11.0. The molecule has 0 unspecified atom stereocenters. The van der Waals surface area contributed by atoms with E-state index in [9.17, 15) is 14.4 Å². The van der Waals surface area contributed by atoms with Gasteiger partial charge in [-0.2, -0.15) is 0 Å². The first kappa shape index (κ1) is 13.8. The second-order valence-electron chi connectivity index (χ2n) is 3.00. The molecular weight excluding hydrogens is 216 g/mol. The number of carboxylic acids is 2. The van der Waals surface area contributed by atoms with Crippen molar-refractivity contribution in [3.63, 3.8) is 0 Å². The highest BCUT2D eigenvalue weighted by molar-refractivity contribution is 5.86. The Morgan fingerprint density at radius 1 is 1.44 bits per heavy atom. The Balaban J connectivity index is 4.41. The summed E-state index contributed by atoms with van der Waals surface area (Å²) in [4.78, 5) is 33.3. The highest BCUT2D eigenvalue weighted by Crippen LogP contribution is 1.95. The van der Waals surface area contributed by atoms with Crippen molar-refractivity contribution >= 4 is 18.0 Å². The van der Waals surface area contributed by atoms with Gasteiger partial charge in [-0.05, 0) is 0 Å². The van der Waals surface area contributed by atoms with Crippen LogP contribution in [0.2, 0.25) is 0 Å². The molecule has 0 bridgehead atoms. The Labute approximate surface area is 92.0 Å². The molecule has 0 aliphatic rings. The lowest BCUT2D eigenvalue weighted by atomic mass is 10.2. The SMILES string of the molecule is C#CCN(C)C(=O)N[C@@H](CC(=O)O)C(=O)O. The van der Waals surface area contributed by atoms with Crippen molar-refractivity contribution in [2.45, 2.75) is 12.5 Å². The number of aliphatic carboxylic acids is 2. The molecule has 88 valence electrons. The van der Waals surface area contributed by atoms with Crippen LogP contribution in [0, 0.1) is 12.3 Å². The summed E-state index contributed by atoms with van der Waals surface area (Å²) in [5, 5.41) is 19.1. The summed E-state index contributed by atoms with van der Waals surface area (Å²) in [5.41, 5.74) is 0. The van der Waals surface area contributed by atoms with Crippen LogP contribution in [0.4, 0.5) is 4.79 Å². The van der Waals surface area contributed by atoms with Crippen molar-refractivity contribution in [2.24, 2.45) is 0 Å². The minimum Gasteiger partial charge on any atom is -0.481 e. The molecule has 0 radical (unpaired) electrons. The molecule has 0 fully saturated rings. The molecule has 7 heteroatoms. The number of carboxylic acid groups (broad SMARTS) is 2. The quantitative estimate of drug-likeness (QED) is 0.533. The first-order chi connectivity index (χ1) is 7.38. The molecule has 16 heavy (non-hydrogen) atoms. The number of urea groups is 1. The van der Waals surface area contributed by atoms with Gasteiger partial charge in [0.2, 0.25) is 0 Å². The summed E-state index contributed by atoms with van der Waals surface area (Å²) >= 11 is 0. The Morgan fingerprint density at radius 2 is 2.00 bits per heavy atom. The van der Waals surface area contributed by atoms with Crippen LogP contribution in [0.25, 0.3) is 0 Å². The molecule has 3 N–H and O–H groups in total. The van der Waals surface area contributed by atoms with Gasteiger partial charge in [0.25, 0.3) is 0 Å².